The largest absolute Gasteiger partial charge is 0.390 e. The van der Waals surface area contributed by atoms with Crippen LogP contribution in [0.5, 0.6) is 0 Å². The topological polar surface area (TPSA) is 55.1 Å². The summed E-state index contributed by atoms with van der Waals surface area (Å²) in [4.78, 5) is 10.7. The maximum atomic E-state index is 12.0. The SMILES string of the molecule is NC(=O)C1CCNC1CC(F)(F)F. The standard InChI is InChI=1S/C7H11F3N2O/c8-7(9,10)3-5-4(6(11)13)1-2-12-5/h4-5,12H,1-3H2,(H2,11,13). The molecule has 1 fully saturated rings. The van der Waals surface area contributed by atoms with Crippen molar-refractivity contribution in [2.45, 2.75) is 25.1 Å². The van der Waals surface area contributed by atoms with Crippen molar-refractivity contribution < 1.29 is 18.0 Å². The van der Waals surface area contributed by atoms with Crippen LogP contribution in [0, 0.1) is 5.92 Å². The molecule has 0 bridgehead atoms. The van der Waals surface area contributed by atoms with Crippen molar-refractivity contribution in [1.82, 2.24) is 5.32 Å². The van der Waals surface area contributed by atoms with Gasteiger partial charge in [-0.25, -0.2) is 0 Å². The van der Waals surface area contributed by atoms with Gasteiger partial charge in [-0.15, -0.1) is 0 Å². The highest BCUT2D eigenvalue weighted by molar-refractivity contribution is 5.77. The van der Waals surface area contributed by atoms with Gasteiger partial charge in [-0.05, 0) is 13.0 Å². The molecule has 0 radical (unpaired) electrons. The maximum absolute atomic E-state index is 12.0. The van der Waals surface area contributed by atoms with Crippen LogP contribution in [0.15, 0.2) is 0 Å². The molecule has 0 saturated carbocycles. The highest BCUT2D eigenvalue weighted by atomic mass is 19.4. The van der Waals surface area contributed by atoms with E-state index in [2.05, 4.69) is 5.32 Å². The molecule has 6 heteroatoms. The molecule has 3 nitrogen and oxygen atoms in total. The first kappa shape index (κ1) is 10.3. The number of rotatable bonds is 2. The Bertz CT molecular complexity index is 204. The van der Waals surface area contributed by atoms with Crippen molar-refractivity contribution in [1.29, 1.82) is 0 Å². The Morgan fingerprint density at radius 1 is 1.54 bits per heavy atom. The van der Waals surface area contributed by atoms with Crippen molar-refractivity contribution in [2.75, 3.05) is 6.54 Å². The molecule has 1 heterocycles. The predicted octanol–water partition coefficient (Wildman–Crippen LogP) is 0.402. The maximum Gasteiger partial charge on any atom is 0.390 e. The lowest BCUT2D eigenvalue weighted by Gasteiger charge is -2.17. The molecule has 1 rings (SSSR count). The zero-order valence-corrected chi connectivity index (χ0v) is 6.90. The number of alkyl halides is 3. The molecule has 0 spiro atoms. The Kier molecular flexibility index (Phi) is 2.80. The van der Waals surface area contributed by atoms with Crippen LogP contribution in [-0.4, -0.2) is 24.7 Å². The lowest BCUT2D eigenvalue weighted by atomic mass is 9.97. The highest BCUT2D eigenvalue weighted by Crippen LogP contribution is 2.28. The summed E-state index contributed by atoms with van der Waals surface area (Å²) >= 11 is 0. The van der Waals surface area contributed by atoms with Gasteiger partial charge in [-0.1, -0.05) is 0 Å². The normalized spacial score (nSPS) is 29.2. The first-order valence-corrected chi connectivity index (χ1v) is 3.99. The van der Waals surface area contributed by atoms with Crippen LogP contribution < -0.4 is 11.1 Å². The quantitative estimate of drug-likeness (QED) is 0.671. The molecule has 2 unspecified atom stereocenters. The number of carbonyl (C=O) groups is 1. The van der Waals surface area contributed by atoms with Crippen molar-refractivity contribution in [3.05, 3.63) is 0 Å². The van der Waals surface area contributed by atoms with Gasteiger partial charge in [0.15, 0.2) is 0 Å². The van der Waals surface area contributed by atoms with Gasteiger partial charge in [0.2, 0.25) is 5.91 Å². The third-order valence-corrected chi connectivity index (χ3v) is 2.16. The summed E-state index contributed by atoms with van der Waals surface area (Å²) in [6.45, 7) is 0.425. The van der Waals surface area contributed by atoms with Gasteiger partial charge in [0.1, 0.15) is 0 Å². The summed E-state index contributed by atoms with van der Waals surface area (Å²) in [6, 6.07) is -0.836. The number of carbonyl (C=O) groups excluding carboxylic acids is 1. The number of halogens is 3. The number of nitrogens with one attached hydrogen (secondary N) is 1. The molecule has 0 aromatic rings. The molecule has 3 N–H and O–H groups in total. The molecule has 0 aromatic carbocycles. The Labute approximate surface area is 73.5 Å². The fourth-order valence-electron chi connectivity index (χ4n) is 1.57. The predicted molar refractivity (Wildman–Crippen MR) is 39.8 cm³/mol. The molecule has 1 aliphatic rings. The summed E-state index contributed by atoms with van der Waals surface area (Å²) in [5.74, 6) is -1.33. The van der Waals surface area contributed by atoms with Gasteiger partial charge in [0, 0.05) is 6.04 Å². The van der Waals surface area contributed by atoms with E-state index in [-0.39, 0.29) is 0 Å². The summed E-state index contributed by atoms with van der Waals surface area (Å²) in [5.41, 5.74) is 4.96. The molecule has 0 aliphatic carbocycles. The zero-order chi connectivity index (χ0) is 10.1. The van der Waals surface area contributed by atoms with E-state index in [9.17, 15) is 18.0 Å². The van der Waals surface area contributed by atoms with Gasteiger partial charge < -0.3 is 11.1 Å². The Hall–Kier alpha value is -0.780. The molecule has 1 aliphatic heterocycles. The molecule has 1 amide bonds. The molecular formula is C7H11F3N2O. The monoisotopic (exact) mass is 196 g/mol. The van der Waals surface area contributed by atoms with E-state index in [0.717, 1.165) is 0 Å². The van der Waals surface area contributed by atoms with Crippen molar-refractivity contribution >= 4 is 5.91 Å². The highest BCUT2D eigenvalue weighted by Gasteiger charge is 2.39. The van der Waals surface area contributed by atoms with E-state index in [1.165, 1.54) is 0 Å². The van der Waals surface area contributed by atoms with Crippen LogP contribution in [0.25, 0.3) is 0 Å². The summed E-state index contributed by atoms with van der Waals surface area (Å²) in [6.07, 6.45) is -4.83. The average Bonchev–Trinajstić information content (AvgIpc) is 2.31. The molecule has 2 atom stereocenters. The third kappa shape index (κ3) is 2.87. The molecule has 76 valence electrons. The molecule has 13 heavy (non-hydrogen) atoms. The van der Waals surface area contributed by atoms with E-state index in [1.54, 1.807) is 0 Å². The smallest absolute Gasteiger partial charge is 0.369 e. The van der Waals surface area contributed by atoms with Crippen molar-refractivity contribution in [3.8, 4) is 0 Å². The van der Waals surface area contributed by atoms with E-state index in [1.807, 2.05) is 0 Å². The second kappa shape index (κ2) is 3.53. The first-order chi connectivity index (χ1) is 5.90. The van der Waals surface area contributed by atoms with Gasteiger partial charge in [0.05, 0.1) is 12.3 Å². The summed E-state index contributed by atoms with van der Waals surface area (Å²) in [7, 11) is 0. The van der Waals surface area contributed by atoms with Gasteiger partial charge in [-0.3, -0.25) is 4.79 Å². The zero-order valence-electron chi connectivity index (χ0n) is 6.90. The lowest BCUT2D eigenvalue weighted by Crippen LogP contribution is -2.38. The van der Waals surface area contributed by atoms with Crippen LogP contribution >= 0.6 is 0 Å². The number of nitrogens with two attached hydrogens (primary N) is 1. The van der Waals surface area contributed by atoms with E-state index < -0.39 is 30.5 Å². The molecule has 0 aromatic heterocycles. The Morgan fingerprint density at radius 2 is 2.15 bits per heavy atom. The van der Waals surface area contributed by atoms with Gasteiger partial charge >= 0.3 is 6.18 Å². The van der Waals surface area contributed by atoms with Crippen LogP contribution in [0.4, 0.5) is 13.2 Å². The van der Waals surface area contributed by atoms with Crippen LogP contribution in [0.1, 0.15) is 12.8 Å². The minimum atomic E-state index is -4.24. The molecule has 1 saturated heterocycles. The minimum Gasteiger partial charge on any atom is -0.369 e. The lowest BCUT2D eigenvalue weighted by molar-refractivity contribution is -0.143. The van der Waals surface area contributed by atoms with Gasteiger partial charge in [0.25, 0.3) is 0 Å². The Balaban J connectivity index is 2.54. The number of amides is 1. The van der Waals surface area contributed by atoms with Gasteiger partial charge in [-0.2, -0.15) is 13.2 Å². The molecular weight excluding hydrogens is 185 g/mol. The van der Waals surface area contributed by atoms with Crippen LogP contribution in [-0.2, 0) is 4.79 Å². The van der Waals surface area contributed by atoms with E-state index >= 15 is 0 Å². The van der Waals surface area contributed by atoms with Crippen LogP contribution in [0.2, 0.25) is 0 Å². The number of primary amides is 1. The van der Waals surface area contributed by atoms with E-state index in [4.69, 9.17) is 5.73 Å². The summed E-state index contributed by atoms with van der Waals surface area (Å²) < 4.78 is 35.9. The number of hydrogen-bond acceptors (Lipinski definition) is 2. The fraction of sp³-hybridized carbons (Fsp3) is 0.857. The third-order valence-electron chi connectivity index (χ3n) is 2.16. The number of hydrogen-bond donors (Lipinski definition) is 2. The van der Waals surface area contributed by atoms with Crippen LogP contribution in [0.3, 0.4) is 0 Å². The van der Waals surface area contributed by atoms with Crippen molar-refractivity contribution in [3.63, 3.8) is 0 Å². The Morgan fingerprint density at radius 3 is 2.62 bits per heavy atom. The minimum absolute atomic E-state index is 0.399. The second-order valence-electron chi connectivity index (χ2n) is 3.18. The van der Waals surface area contributed by atoms with E-state index in [0.29, 0.717) is 13.0 Å². The average molecular weight is 196 g/mol. The fourth-order valence-corrected chi connectivity index (χ4v) is 1.57. The first-order valence-electron chi connectivity index (χ1n) is 3.99. The van der Waals surface area contributed by atoms with Crippen molar-refractivity contribution in [2.24, 2.45) is 11.7 Å². The second-order valence-corrected chi connectivity index (χ2v) is 3.18. The summed E-state index contributed by atoms with van der Waals surface area (Å²) in [5, 5.41) is 2.62.